The van der Waals surface area contributed by atoms with E-state index in [2.05, 4.69) is 15.3 Å². The molecule has 1 aromatic heterocycles. The van der Waals surface area contributed by atoms with E-state index in [0.717, 1.165) is 23.5 Å². The minimum atomic E-state index is -0.151. The molecule has 0 saturated carbocycles. The molecule has 0 bridgehead atoms. The first-order valence-corrected chi connectivity index (χ1v) is 7.91. The molecule has 0 saturated heterocycles. The van der Waals surface area contributed by atoms with Crippen LogP contribution in [0.1, 0.15) is 12.0 Å². The van der Waals surface area contributed by atoms with Crippen LogP contribution in [0.3, 0.4) is 0 Å². The van der Waals surface area contributed by atoms with Gasteiger partial charge in [-0.3, -0.25) is 9.78 Å². The van der Waals surface area contributed by atoms with E-state index in [1.807, 2.05) is 36.4 Å². The summed E-state index contributed by atoms with van der Waals surface area (Å²) in [6, 6.07) is 13.1. The van der Waals surface area contributed by atoms with Crippen LogP contribution in [0.4, 0.5) is 5.95 Å². The molecule has 2 heterocycles. The normalized spacial score (nSPS) is 13.5. The van der Waals surface area contributed by atoms with Crippen molar-refractivity contribution < 1.29 is 9.47 Å². The van der Waals surface area contributed by atoms with Gasteiger partial charge in [0.1, 0.15) is 0 Å². The van der Waals surface area contributed by atoms with E-state index in [4.69, 9.17) is 9.47 Å². The van der Waals surface area contributed by atoms with Gasteiger partial charge < -0.3 is 14.8 Å². The van der Waals surface area contributed by atoms with Crippen LogP contribution >= 0.6 is 0 Å². The van der Waals surface area contributed by atoms with Gasteiger partial charge in [-0.2, -0.15) is 0 Å². The Hall–Kier alpha value is -3.02. The van der Waals surface area contributed by atoms with E-state index in [0.29, 0.717) is 36.6 Å². The number of benzene rings is 2. The molecule has 0 amide bonds. The minimum Gasteiger partial charge on any atom is -0.490 e. The zero-order valence-electron chi connectivity index (χ0n) is 13.0. The summed E-state index contributed by atoms with van der Waals surface area (Å²) in [7, 11) is 0. The number of anilines is 1. The maximum Gasteiger partial charge on any atom is 0.260 e. The molecule has 122 valence electrons. The average molecular weight is 323 g/mol. The van der Waals surface area contributed by atoms with Gasteiger partial charge in [0.15, 0.2) is 11.5 Å². The summed E-state index contributed by atoms with van der Waals surface area (Å²) in [5.74, 6) is 1.98. The van der Waals surface area contributed by atoms with Crippen LogP contribution in [0.5, 0.6) is 11.5 Å². The molecule has 0 aliphatic carbocycles. The molecule has 0 radical (unpaired) electrons. The zero-order chi connectivity index (χ0) is 16.4. The SMILES string of the molecule is O=c1[nH]c(NCc2ccc3c(c2)OCCCO3)nc2ccccc12. The minimum absolute atomic E-state index is 0.151. The summed E-state index contributed by atoms with van der Waals surface area (Å²) in [5, 5.41) is 3.74. The standard InChI is InChI=1S/C18H17N3O3/c22-17-13-4-1-2-5-14(13)20-18(21-17)19-11-12-6-7-15-16(10-12)24-9-3-8-23-15/h1-2,4-7,10H,3,8-9,11H2,(H2,19,20,21,22). The number of nitrogens with zero attached hydrogens (tertiary/aromatic N) is 1. The second-order valence-electron chi connectivity index (χ2n) is 5.62. The van der Waals surface area contributed by atoms with E-state index in [9.17, 15) is 4.79 Å². The molecule has 4 rings (SSSR count). The second kappa shape index (κ2) is 6.23. The molecule has 6 nitrogen and oxygen atoms in total. The van der Waals surface area contributed by atoms with Crippen molar-refractivity contribution in [1.82, 2.24) is 9.97 Å². The van der Waals surface area contributed by atoms with Crippen molar-refractivity contribution in [3.05, 3.63) is 58.4 Å². The van der Waals surface area contributed by atoms with E-state index < -0.39 is 0 Å². The molecule has 1 aliphatic rings. The third kappa shape index (κ3) is 2.90. The van der Waals surface area contributed by atoms with Crippen LogP contribution in [-0.4, -0.2) is 23.2 Å². The van der Waals surface area contributed by atoms with E-state index in [1.165, 1.54) is 0 Å². The Labute approximate surface area is 138 Å². The lowest BCUT2D eigenvalue weighted by atomic mass is 10.2. The Morgan fingerprint density at radius 1 is 1.08 bits per heavy atom. The fraction of sp³-hybridized carbons (Fsp3) is 0.222. The van der Waals surface area contributed by atoms with Gasteiger partial charge in [0.25, 0.3) is 5.56 Å². The van der Waals surface area contributed by atoms with E-state index in [1.54, 1.807) is 6.07 Å². The molecule has 24 heavy (non-hydrogen) atoms. The van der Waals surface area contributed by atoms with Gasteiger partial charge in [0, 0.05) is 13.0 Å². The lowest BCUT2D eigenvalue weighted by molar-refractivity contribution is 0.297. The Morgan fingerprint density at radius 2 is 1.92 bits per heavy atom. The molecule has 2 N–H and O–H groups in total. The predicted octanol–water partition coefficient (Wildman–Crippen LogP) is 2.70. The first-order chi connectivity index (χ1) is 11.8. The topological polar surface area (TPSA) is 76.2 Å². The number of rotatable bonds is 3. The van der Waals surface area contributed by atoms with E-state index in [-0.39, 0.29) is 5.56 Å². The highest BCUT2D eigenvalue weighted by molar-refractivity contribution is 5.78. The van der Waals surface area contributed by atoms with Crippen molar-refractivity contribution in [2.45, 2.75) is 13.0 Å². The van der Waals surface area contributed by atoms with Crippen LogP contribution in [0.15, 0.2) is 47.3 Å². The van der Waals surface area contributed by atoms with Crippen LogP contribution in [-0.2, 0) is 6.54 Å². The highest BCUT2D eigenvalue weighted by Gasteiger charge is 2.11. The number of para-hydroxylation sites is 1. The molecule has 3 aromatic rings. The van der Waals surface area contributed by atoms with Crippen molar-refractivity contribution in [3.63, 3.8) is 0 Å². The summed E-state index contributed by atoms with van der Waals surface area (Å²) < 4.78 is 11.3. The fourth-order valence-electron chi connectivity index (χ4n) is 2.67. The molecule has 6 heteroatoms. The first kappa shape index (κ1) is 14.6. The number of hydrogen-bond acceptors (Lipinski definition) is 5. The Balaban J connectivity index is 1.55. The highest BCUT2D eigenvalue weighted by Crippen LogP contribution is 2.30. The van der Waals surface area contributed by atoms with Crippen LogP contribution in [0, 0.1) is 0 Å². The number of fused-ring (bicyclic) bond motifs is 2. The zero-order valence-corrected chi connectivity index (χ0v) is 13.0. The maximum atomic E-state index is 12.1. The predicted molar refractivity (Wildman–Crippen MR) is 91.7 cm³/mol. The van der Waals surface area contributed by atoms with Gasteiger partial charge in [-0.15, -0.1) is 0 Å². The van der Waals surface area contributed by atoms with Gasteiger partial charge in [0.2, 0.25) is 5.95 Å². The van der Waals surface area contributed by atoms with Crippen LogP contribution in [0.25, 0.3) is 10.9 Å². The number of aromatic nitrogens is 2. The number of H-pyrrole nitrogens is 1. The fourth-order valence-corrected chi connectivity index (χ4v) is 2.67. The lowest BCUT2D eigenvalue weighted by Gasteiger charge is -2.10. The molecule has 2 aromatic carbocycles. The van der Waals surface area contributed by atoms with Gasteiger partial charge in [0.05, 0.1) is 24.1 Å². The van der Waals surface area contributed by atoms with Crippen molar-refractivity contribution in [2.75, 3.05) is 18.5 Å². The smallest absolute Gasteiger partial charge is 0.260 e. The van der Waals surface area contributed by atoms with Crippen molar-refractivity contribution >= 4 is 16.9 Å². The van der Waals surface area contributed by atoms with Crippen molar-refractivity contribution in [2.24, 2.45) is 0 Å². The number of nitrogens with one attached hydrogen (secondary N) is 2. The summed E-state index contributed by atoms with van der Waals surface area (Å²) in [4.78, 5) is 19.3. The summed E-state index contributed by atoms with van der Waals surface area (Å²) in [6.45, 7) is 1.86. The Kier molecular flexibility index (Phi) is 3.78. The lowest BCUT2D eigenvalue weighted by Crippen LogP contribution is -2.13. The molecule has 0 atom stereocenters. The molecule has 0 spiro atoms. The molecule has 0 fully saturated rings. The quantitative estimate of drug-likeness (QED) is 0.775. The van der Waals surface area contributed by atoms with Gasteiger partial charge in [-0.25, -0.2) is 4.98 Å². The van der Waals surface area contributed by atoms with Gasteiger partial charge in [-0.1, -0.05) is 18.2 Å². The Morgan fingerprint density at radius 3 is 2.83 bits per heavy atom. The van der Waals surface area contributed by atoms with Crippen molar-refractivity contribution in [3.8, 4) is 11.5 Å². The van der Waals surface area contributed by atoms with Crippen LogP contribution in [0.2, 0.25) is 0 Å². The van der Waals surface area contributed by atoms with E-state index >= 15 is 0 Å². The number of aromatic amines is 1. The summed E-state index contributed by atoms with van der Waals surface area (Å²) in [6.07, 6.45) is 0.879. The second-order valence-corrected chi connectivity index (χ2v) is 5.62. The number of ether oxygens (including phenoxy) is 2. The van der Waals surface area contributed by atoms with Gasteiger partial charge >= 0.3 is 0 Å². The Bertz CT molecular complexity index is 936. The molecule has 1 aliphatic heterocycles. The highest BCUT2D eigenvalue weighted by atomic mass is 16.5. The molecule has 0 unspecified atom stereocenters. The summed E-state index contributed by atoms with van der Waals surface area (Å²) >= 11 is 0. The third-order valence-electron chi connectivity index (χ3n) is 3.88. The maximum absolute atomic E-state index is 12.1. The monoisotopic (exact) mass is 323 g/mol. The van der Waals surface area contributed by atoms with Crippen molar-refractivity contribution in [1.29, 1.82) is 0 Å². The molecular weight excluding hydrogens is 306 g/mol. The van der Waals surface area contributed by atoms with Gasteiger partial charge in [-0.05, 0) is 29.8 Å². The number of hydrogen-bond donors (Lipinski definition) is 2. The third-order valence-corrected chi connectivity index (χ3v) is 3.88. The molecular formula is C18H17N3O3. The summed E-state index contributed by atoms with van der Waals surface area (Å²) in [5.41, 5.74) is 1.54. The first-order valence-electron chi connectivity index (χ1n) is 7.91. The van der Waals surface area contributed by atoms with Crippen LogP contribution < -0.4 is 20.3 Å². The largest absolute Gasteiger partial charge is 0.490 e. The average Bonchev–Trinajstić information content (AvgIpc) is 2.85.